The summed E-state index contributed by atoms with van der Waals surface area (Å²) < 4.78 is 23.4. The molecule has 1 aromatic carbocycles. The Balaban J connectivity index is 2.07. The van der Waals surface area contributed by atoms with Crippen molar-refractivity contribution < 1.29 is 8.42 Å². The Morgan fingerprint density at radius 2 is 2.25 bits per heavy atom. The van der Waals surface area contributed by atoms with Crippen LogP contribution in [-0.4, -0.2) is 32.5 Å². The summed E-state index contributed by atoms with van der Waals surface area (Å²) in [6.45, 7) is 3.04. The van der Waals surface area contributed by atoms with Crippen LogP contribution < -0.4 is 5.32 Å². The zero-order valence-corrected chi connectivity index (χ0v) is 13.4. The minimum atomic E-state index is -2.83. The molecule has 2 rings (SSSR count). The zero-order chi connectivity index (χ0) is 14.6. The second kappa shape index (κ2) is 6.92. The molecule has 0 radical (unpaired) electrons. The van der Waals surface area contributed by atoms with Gasteiger partial charge in [0.1, 0.15) is 0 Å². The van der Waals surface area contributed by atoms with Gasteiger partial charge in [-0.3, -0.25) is 0 Å². The van der Waals surface area contributed by atoms with Crippen LogP contribution in [0.1, 0.15) is 25.3 Å². The number of halogens is 1. The van der Waals surface area contributed by atoms with Crippen LogP contribution in [-0.2, 0) is 16.3 Å². The molecule has 5 heteroatoms. The Morgan fingerprint density at radius 3 is 2.85 bits per heavy atom. The van der Waals surface area contributed by atoms with E-state index in [9.17, 15) is 8.42 Å². The zero-order valence-electron chi connectivity index (χ0n) is 11.8. The highest BCUT2D eigenvalue weighted by Crippen LogP contribution is 2.24. The molecule has 0 bridgehead atoms. The third kappa shape index (κ3) is 4.47. The van der Waals surface area contributed by atoms with Gasteiger partial charge in [0.15, 0.2) is 9.84 Å². The monoisotopic (exact) mass is 315 g/mol. The van der Waals surface area contributed by atoms with Crippen LogP contribution in [0.25, 0.3) is 0 Å². The smallest absolute Gasteiger partial charge is 0.150 e. The molecule has 1 aliphatic heterocycles. The minimum Gasteiger partial charge on any atom is -0.313 e. The Labute approximate surface area is 126 Å². The average molecular weight is 316 g/mol. The highest BCUT2D eigenvalue weighted by Gasteiger charge is 2.33. The molecule has 1 N–H and O–H groups in total. The number of rotatable bonds is 6. The van der Waals surface area contributed by atoms with E-state index >= 15 is 0 Å². The van der Waals surface area contributed by atoms with Crippen LogP contribution in [0, 0.1) is 5.92 Å². The summed E-state index contributed by atoms with van der Waals surface area (Å²) in [6, 6.07) is 8.03. The molecule has 1 aromatic rings. The van der Waals surface area contributed by atoms with Gasteiger partial charge in [-0.05, 0) is 49.4 Å². The van der Waals surface area contributed by atoms with E-state index in [1.807, 2.05) is 18.2 Å². The second-order valence-electron chi connectivity index (χ2n) is 5.56. The van der Waals surface area contributed by atoms with Crippen molar-refractivity contribution in [3.05, 3.63) is 34.9 Å². The van der Waals surface area contributed by atoms with Crippen LogP contribution in [0.3, 0.4) is 0 Å². The summed E-state index contributed by atoms with van der Waals surface area (Å²) >= 11 is 6.02. The van der Waals surface area contributed by atoms with Crippen LogP contribution in [0.5, 0.6) is 0 Å². The molecular weight excluding hydrogens is 294 g/mol. The Morgan fingerprint density at radius 1 is 1.45 bits per heavy atom. The molecule has 0 saturated carbocycles. The first-order valence-corrected chi connectivity index (χ1v) is 9.38. The molecule has 3 nitrogen and oxygen atoms in total. The van der Waals surface area contributed by atoms with Crippen molar-refractivity contribution in [2.45, 2.75) is 32.2 Å². The van der Waals surface area contributed by atoms with Crippen LogP contribution in [0.4, 0.5) is 0 Å². The Bertz CT molecular complexity index is 545. The number of hydrogen-bond donors (Lipinski definition) is 1. The molecule has 2 unspecified atom stereocenters. The van der Waals surface area contributed by atoms with Gasteiger partial charge in [-0.15, -0.1) is 0 Å². The van der Waals surface area contributed by atoms with Crippen molar-refractivity contribution in [1.29, 1.82) is 0 Å². The van der Waals surface area contributed by atoms with Gasteiger partial charge in [0.05, 0.1) is 11.5 Å². The van der Waals surface area contributed by atoms with Gasteiger partial charge in [0.2, 0.25) is 0 Å². The maximum absolute atomic E-state index is 11.7. The third-order valence-electron chi connectivity index (χ3n) is 3.84. The number of nitrogens with one attached hydrogen (secondary N) is 1. The van der Waals surface area contributed by atoms with Gasteiger partial charge in [0.25, 0.3) is 0 Å². The molecular formula is C15H22ClNO2S. The molecule has 112 valence electrons. The summed E-state index contributed by atoms with van der Waals surface area (Å²) in [4.78, 5) is 0. The SMILES string of the molecule is CCCNC(Cc1cccc(Cl)c1)C1CCS(=O)(=O)C1. The lowest BCUT2D eigenvalue weighted by atomic mass is 9.93. The van der Waals surface area contributed by atoms with Crippen molar-refractivity contribution in [1.82, 2.24) is 5.32 Å². The highest BCUT2D eigenvalue weighted by atomic mass is 35.5. The maximum Gasteiger partial charge on any atom is 0.150 e. The Kier molecular flexibility index (Phi) is 5.47. The minimum absolute atomic E-state index is 0.213. The van der Waals surface area contributed by atoms with E-state index in [1.54, 1.807) is 0 Å². The second-order valence-corrected chi connectivity index (χ2v) is 8.22. The molecule has 0 spiro atoms. The quantitative estimate of drug-likeness (QED) is 0.878. The van der Waals surface area contributed by atoms with E-state index in [0.29, 0.717) is 11.5 Å². The number of benzene rings is 1. The summed E-state index contributed by atoms with van der Waals surface area (Å²) in [5, 5.41) is 4.24. The van der Waals surface area contributed by atoms with Gasteiger partial charge in [-0.25, -0.2) is 8.42 Å². The molecule has 1 heterocycles. The van der Waals surface area contributed by atoms with Gasteiger partial charge in [0, 0.05) is 11.1 Å². The fraction of sp³-hybridized carbons (Fsp3) is 0.600. The number of hydrogen-bond acceptors (Lipinski definition) is 3. The molecule has 20 heavy (non-hydrogen) atoms. The largest absolute Gasteiger partial charge is 0.313 e. The van der Waals surface area contributed by atoms with Crippen molar-refractivity contribution in [2.75, 3.05) is 18.1 Å². The molecule has 1 fully saturated rings. The van der Waals surface area contributed by atoms with Gasteiger partial charge >= 0.3 is 0 Å². The van der Waals surface area contributed by atoms with E-state index in [2.05, 4.69) is 18.3 Å². The lowest BCUT2D eigenvalue weighted by molar-refractivity contribution is 0.379. The topological polar surface area (TPSA) is 46.2 Å². The fourth-order valence-electron chi connectivity index (χ4n) is 2.79. The van der Waals surface area contributed by atoms with E-state index < -0.39 is 9.84 Å². The van der Waals surface area contributed by atoms with Crippen LogP contribution >= 0.6 is 11.6 Å². The molecule has 0 amide bonds. The predicted octanol–water partition coefficient (Wildman–Crippen LogP) is 2.69. The summed E-state index contributed by atoms with van der Waals surface area (Å²) in [7, 11) is -2.83. The average Bonchev–Trinajstić information content (AvgIpc) is 2.75. The summed E-state index contributed by atoms with van der Waals surface area (Å²) in [5.41, 5.74) is 1.16. The maximum atomic E-state index is 11.7. The predicted molar refractivity (Wildman–Crippen MR) is 84.0 cm³/mol. The van der Waals surface area contributed by atoms with Crippen molar-refractivity contribution in [3.8, 4) is 0 Å². The first kappa shape index (κ1) is 15.8. The normalized spacial score (nSPS) is 22.8. The molecule has 1 aliphatic rings. The Hall–Kier alpha value is -0.580. The van der Waals surface area contributed by atoms with Crippen molar-refractivity contribution in [3.63, 3.8) is 0 Å². The van der Waals surface area contributed by atoms with E-state index in [4.69, 9.17) is 11.6 Å². The van der Waals surface area contributed by atoms with Crippen LogP contribution in [0.15, 0.2) is 24.3 Å². The van der Waals surface area contributed by atoms with Crippen LogP contribution in [0.2, 0.25) is 5.02 Å². The summed E-state index contributed by atoms with van der Waals surface area (Å²) in [5.74, 6) is 0.859. The molecule has 2 atom stereocenters. The van der Waals surface area contributed by atoms with Gasteiger partial charge in [-0.1, -0.05) is 30.7 Å². The van der Waals surface area contributed by atoms with Gasteiger partial charge in [-0.2, -0.15) is 0 Å². The first-order valence-electron chi connectivity index (χ1n) is 7.18. The van der Waals surface area contributed by atoms with E-state index in [-0.39, 0.29) is 12.0 Å². The lowest BCUT2D eigenvalue weighted by Crippen LogP contribution is -2.39. The molecule has 0 aliphatic carbocycles. The van der Waals surface area contributed by atoms with E-state index in [0.717, 1.165) is 36.4 Å². The summed E-state index contributed by atoms with van der Waals surface area (Å²) in [6.07, 6.45) is 2.65. The molecule has 1 saturated heterocycles. The van der Waals surface area contributed by atoms with Crippen molar-refractivity contribution in [2.24, 2.45) is 5.92 Å². The highest BCUT2D eigenvalue weighted by molar-refractivity contribution is 7.91. The number of sulfone groups is 1. The lowest BCUT2D eigenvalue weighted by Gasteiger charge is -2.24. The molecule has 0 aromatic heterocycles. The van der Waals surface area contributed by atoms with Gasteiger partial charge < -0.3 is 5.32 Å². The van der Waals surface area contributed by atoms with E-state index in [1.165, 1.54) is 0 Å². The first-order chi connectivity index (χ1) is 9.50. The fourth-order valence-corrected chi connectivity index (χ4v) is 4.89. The van der Waals surface area contributed by atoms with Crippen molar-refractivity contribution >= 4 is 21.4 Å². The standard InChI is InChI=1S/C15H22ClNO2S/c1-2-7-17-15(13-6-8-20(18,19)11-13)10-12-4-3-5-14(16)9-12/h3-5,9,13,15,17H,2,6-8,10-11H2,1H3. The third-order valence-corrected chi connectivity index (χ3v) is 5.87.